The summed E-state index contributed by atoms with van der Waals surface area (Å²) in [6.07, 6.45) is 0. The second-order valence-corrected chi connectivity index (χ2v) is 3.94. The molecule has 0 radical (unpaired) electrons. The summed E-state index contributed by atoms with van der Waals surface area (Å²) >= 11 is 0. The molecule has 1 rings (SSSR count). The highest BCUT2D eigenvalue weighted by Crippen LogP contribution is 2.20. The maximum Gasteiger partial charge on any atom is 0.239 e. The third-order valence-corrected chi connectivity index (χ3v) is 2.80. The van der Waals surface area contributed by atoms with Gasteiger partial charge in [0.15, 0.2) is 0 Å². The molecule has 2 N–H and O–H groups in total. The zero-order valence-corrected chi connectivity index (χ0v) is 10.2. The minimum atomic E-state index is -0.310. The lowest BCUT2D eigenvalue weighted by Gasteiger charge is -2.27. The van der Waals surface area contributed by atoms with Gasteiger partial charge in [-0.1, -0.05) is 43.7 Å². The van der Waals surface area contributed by atoms with Gasteiger partial charge in [0.25, 0.3) is 0 Å². The Balaban J connectivity index is 3.06. The predicted molar refractivity (Wildman–Crippen MR) is 66.0 cm³/mol. The number of hydrogen-bond acceptors (Lipinski definition) is 2. The van der Waals surface area contributed by atoms with Gasteiger partial charge in [-0.15, -0.1) is 0 Å². The zero-order valence-electron chi connectivity index (χ0n) is 10.2. The first-order chi connectivity index (χ1) is 7.60. The van der Waals surface area contributed by atoms with Crippen molar-refractivity contribution in [2.75, 3.05) is 13.1 Å². The fourth-order valence-corrected chi connectivity index (χ4v) is 1.98. The molecular weight excluding hydrogens is 200 g/mol. The normalized spacial score (nSPS) is 12.8. The van der Waals surface area contributed by atoms with Crippen molar-refractivity contribution >= 4 is 5.91 Å². The molecule has 1 amide bonds. The Morgan fingerprint density at radius 1 is 1.38 bits per heavy atom. The van der Waals surface area contributed by atoms with Gasteiger partial charge < -0.3 is 5.73 Å². The van der Waals surface area contributed by atoms with Crippen LogP contribution >= 0.6 is 0 Å². The Morgan fingerprint density at radius 3 is 2.44 bits per heavy atom. The second-order valence-electron chi connectivity index (χ2n) is 3.94. The first-order valence-corrected chi connectivity index (χ1v) is 5.70. The number of rotatable bonds is 5. The van der Waals surface area contributed by atoms with Crippen LogP contribution in [0.1, 0.15) is 31.0 Å². The van der Waals surface area contributed by atoms with Gasteiger partial charge in [-0.2, -0.15) is 0 Å². The summed E-state index contributed by atoms with van der Waals surface area (Å²) in [7, 11) is 0. The standard InChI is InChI=1S/C13H20N2O/c1-4-15(5-2)12(13(14)16)11-8-6-7-10(3)9-11/h6-9,12H,4-5H2,1-3H3,(H2,14,16). The van der Waals surface area contributed by atoms with E-state index in [0.717, 1.165) is 24.2 Å². The highest BCUT2D eigenvalue weighted by atomic mass is 16.1. The Hall–Kier alpha value is -1.35. The molecule has 1 aromatic rings. The van der Waals surface area contributed by atoms with Crippen LogP contribution in [0.25, 0.3) is 0 Å². The number of primary amides is 1. The second kappa shape index (κ2) is 5.66. The Bertz CT molecular complexity index is 359. The third kappa shape index (κ3) is 2.83. The van der Waals surface area contributed by atoms with Crippen molar-refractivity contribution in [2.24, 2.45) is 5.73 Å². The highest BCUT2D eigenvalue weighted by Gasteiger charge is 2.23. The zero-order chi connectivity index (χ0) is 12.1. The number of amides is 1. The molecule has 3 nitrogen and oxygen atoms in total. The molecule has 0 fully saturated rings. The molecule has 0 saturated carbocycles. The largest absolute Gasteiger partial charge is 0.368 e. The fourth-order valence-electron chi connectivity index (χ4n) is 1.98. The van der Waals surface area contributed by atoms with E-state index in [0.29, 0.717) is 0 Å². The quantitative estimate of drug-likeness (QED) is 0.823. The number of hydrogen-bond donors (Lipinski definition) is 1. The molecule has 16 heavy (non-hydrogen) atoms. The van der Waals surface area contributed by atoms with Crippen LogP contribution in [0.4, 0.5) is 0 Å². The monoisotopic (exact) mass is 220 g/mol. The van der Waals surface area contributed by atoms with Crippen LogP contribution in [-0.4, -0.2) is 23.9 Å². The maximum absolute atomic E-state index is 11.6. The van der Waals surface area contributed by atoms with Crippen LogP contribution in [0.2, 0.25) is 0 Å². The Kier molecular flexibility index (Phi) is 4.50. The van der Waals surface area contributed by atoms with Crippen LogP contribution < -0.4 is 5.73 Å². The number of likely N-dealkylation sites (N-methyl/N-ethyl adjacent to an activating group) is 1. The van der Waals surface area contributed by atoms with Gasteiger partial charge in [0.2, 0.25) is 5.91 Å². The lowest BCUT2D eigenvalue weighted by molar-refractivity contribution is -0.123. The molecule has 1 aromatic carbocycles. The van der Waals surface area contributed by atoms with Gasteiger partial charge in [0, 0.05) is 0 Å². The SMILES string of the molecule is CCN(CC)C(C(N)=O)c1cccc(C)c1. The van der Waals surface area contributed by atoms with E-state index in [2.05, 4.69) is 4.90 Å². The highest BCUT2D eigenvalue weighted by molar-refractivity contribution is 5.81. The molecule has 0 aliphatic heterocycles. The van der Waals surface area contributed by atoms with Crippen molar-refractivity contribution in [3.63, 3.8) is 0 Å². The number of nitrogens with zero attached hydrogens (tertiary/aromatic N) is 1. The van der Waals surface area contributed by atoms with Crippen LogP contribution in [0.3, 0.4) is 0 Å². The van der Waals surface area contributed by atoms with Crippen molar-refractivity contribution in [2.45, 2.75) is 26.8 Å². The molecule has 3 heteroatoms. The van der Waals surface area contributed by atoms with Crippen molar-refractivity contribution < 1.29 is 4.79 Å². The van der Waals surface area contributed by atoms with Crippen molar-refractivity contribution in [1.29, 1.82) is 0 Å². The topological polar surface area (TPSA) is 46.3 Å². The average Bonchev–Trinajstić information content (AvgIpc) is 2.24. The summed E-state index contributed by atoms with van der Waals surface area (Å²) in [6, 6.07) is 7.65. The maximum atomic E-state index is 11.6. The summed E-state index contributed by atoms with van der Waals surface area (Å²) in [5.41, 5.74) is 7.62. The van der Waals surface area contributed by atoms with E-state index in [1.807, 2.05) is 45.0 Å². The summed E-state index contributed by atoms with van der Waals surface area (Å²) in [4.78, 5) is 13.6. The lowest BCUT2D eigenvalue weighted by atomic mass is 10.0. The average molecular weight is 220 g/mol. The molecule has 0 heterocycles. The molecular formula is C13H20N2O. The van der Waals surface area contributed by atoms with Crippen LogP contribution in [0.5, 0.6) is 0 Å². The van der Waals surface area contributed by atoms with E-state index >= 15 is 0 Å². The smallest absolute Gasteiger partial charge is 0.239 e. The van der Waals surface area contributed by atoms with E-state index in [-0.39, 0.29) is 11.9 Å². The van der Waals surface area contributed by atoms with E-state index < -0.39 is 0 Å². The lowest BCUT2D eigenvalue weighted by Crippen LogP contribution is -2.37. The van der Waals surface area contributed by atoms with Gasteiger partial charge in [-0.3, -0.25) is 9.69 Å². The van der Waals surface area contributed by atoms with Gasteiger partial charge in [-0.05, 0) is 25.6 Å². The number of aryl methyl sites for hydroxylation is 1. The summed E-state index contributed by atoms with van der Waals surface area (Å²) in [6.45, 7) is 7.73. The number of nitrogens with two attached hydrogens (primary N) is 1. The van der Waals surface area contributed by atoms with Crippen LogP contribution in [0.15, 0.2) is 24.3 Å². The molecule has 0 aromatic heterocycles. The van der Waals surface area contributed by atoms with Crippen molar-refractivity contribution in [3.05, 3.63) is 35.4 Å². The molecule has 0 spiro atoms. The molecule has 0 aliphatic rings. The van der Waals surface area contributed by atoms with Gasteiger partial charge in [0.1, 0.15) is 6.04 Å². The number of carbonyl (C=O) groups is 1. The Morgan fingerprint density at radius 2 is 2.00 bits per heavy atom. The Labute approximate surface area is 97.2 Å². The minimum absolute atomic E-state index is 0.283. The number of benzene rings is 1. The van der Waals surface area contributed by atoms with Gasteiger partial charge >= 0.3 is 0 Å². The van der Waals surface area contributed by atoms with E-state index in [9.17, 15) is 4.79 Å². The molecule has 88 valence electrons. The van der Waals surface area contributed by atoms with Gasteiger partial charge in [0.05, 0.1) is 0 Å². The molecule has 1 unspecified atom stereocenters. The van der Waals surface area contributed by atoms with Crippen molar-refractivity contribution in [3.8, 4) is 0 Å². The fraction of sp³-hybridized carbons (Fsp3) is 0.462. The van der Waals surface area contributed by atoms with E-state index in [4.69, 9.17) is 5.73 Å². The predicted octanol–water partition coefficient (Wildman–Crippen LogP) is 1.86. The van der Waals surface area contributed by atoms with E-state index in [1.54, 1.807) is 0 Å². The minimum Gasteiger partial charge on any atom is -0.368 e. The van der Waals surface area contributed by atoms with Gasteiger partial charge in [-0.25, -0.2) is 0 Å². The van der Waals surface area contributed by atoms with Crippen LogP contribution in [-0.2, 0) is 4.79 Å². The number of carbonyl (C=O) groups excluding carboxylic acids is 1. The first kappa shape index (κ1) is 12.7. The molecule has 0 aliphatic carbocycles. The van der Waals surface area contributed by atoms with Crippen molar-refractivity contribution in [1.82, 2.24) is 4.90 Å². The van der Waals surface area contributed by atoms with Crippen LogP contribution in [0, 0.1) is 6.92 Å². The molecule has 0 bridgehead atoms. The summed E-state index contributed by atoms with van der Waals surface area (Å²) < 4.78 is 0. The summed E-state index contributed by atoms with van der Waals surface area (Å²) in [5.74, 6) is -0.283. The molecule has 0 saturated heterocycles. The third-order valence-electron chi connectivity index (χ3n) is 2.80. The molecule has 1 atom stereocenters. The summed E-state index contributed by atoms with van der Waals surface area (Å²) in [5, 5.41) is 0. The van der Waals surface area contributed by atoms with E-state index in [1.165, 1.54) is 0 Å². The first-order valence-electron chi connectivity index (χ1n) is 5.70.